The lowest BCUT2D eigenvalue weighted by molar-refractivity contribution is -0.133. The summed E-state index contributed by atoms with van der Waals surface area (Å²) in [5, 5.41) is 4.69. The van der Waals surface area contributed by atoms with Crippen molar-refractivity contribution in [2.45, 2.75) is 20.0 Å². The van der Waals surface area contributed by atoms with Crippen LogP contribution in [0, 0.1) is 5.41 Å². The van der Waals surface area contributed by atoms with Crippen LogP contribution in [0.25, 0.3) is 0 Å². The lowest BCUT2D eigenvalue weighted by Crippen LogP contribution is -2.34. The SMILES string of the molecule is CC1(C)C(=O)C(n2cncn2)N(c2ccc(Oc3ccc(Cl)cc3)cc2)C1=O. The number of benzene rings is 2. The van der Waals surface area contributed by atoms with E-state index >= 15 is 0 Å². The van der Waals surface area contributed by atoms with Crippen LogP contribution in [0.1, 0.15) is 20.0 Å². The zero-order valence-electron chi connectivity index (χ0n) is 15.2. The Kier molecular flexibility index (Phi) is 4.39. The van der Waals surface area contributed by atoms with Crippen LogP contribution in [0.15, 0.2) is 61.2 Å². The van der Waals surface area contributed by atoms with Crippen LogP contribution in [0.4, 0.5) is 5.69 Å². The summed E-state index contributed by atoms with van der Waals surface area (Å²) >= 11 is 5.88. The summed E-state index contributed by atoms with van der Waals surface area (Å²) in [5.41, 5.74) is -0.567. The second-order valence-corrected chi connectivity index (χ2v) is 7.40. The van der Waals surface area contributed by atoms with Gasteiger partial charge in [0.1, 0.15) is 29.6 Å². The van der Waals surface area contributed by atoms with Crippen molar-refractivity contribution < 1.29 is 14.3 Å². The first-order chi connectivity index (χ1) is 13.4. The van der Waals surface area contributed by atoms with Crippen molar-refractivity contribution in [3.63, 3.8) is 0 Å². The number of hydrogen-bond donors (Lipinski definition) is 0. The molecule has 1 fully saturated rings. The van der Waals surface area contributed by atoms with E-state index in [2.05, 4.69) is 10.1 Å². The van der Waals surface area contributed by atoms with E-state index in [9.17, 15) is 9.59 Å². The highest BCUT2D eigenvalue weighted by Gasteiger charge is 2.55. The van der Waals surface area contributed by atoms with Crippen LogP contribution in [-0.2, 0) is 9.59 Å². The topological polar surface area (TPSA) is 77.3 Å². The zero-order valence-corrected chi connectivity index (χ0v) is 16.0. The van der Waals surface area contributed by atoms with E-state index in [1.54, 1.807) is 62.4 Å². The van der Waals surface area contributed by atoms with Crippen LogP contribution in [0.3, 0.4) is 0 Å². The average Bonchev–Trinajstić information content (AvgIpc) is 3.26. The second-order valence-electron chi connectivity index (χ2n) is 6.96. The summed E-state index contributed by atoms with van der Waals surface area (Å²) < 4.78 is 7.18. The second kappa shape index (κ2) is 6.76. The molecule has 1 aliphatic heterocycles. The molecule has 1 unspecified atom stereocenters. The van der Waals surface area contributed by atoms with Crippen LogP contribution >= 0.6 is 11.6 Å². The molecule has 0 spiro atoms. The third-order valence-corrected chi connectivity index (χ3v) is 4.95. The molecule has 0 N–H and O–H groups in total. The normalized spacial score (nSPS) is 18.5. The number of rotatable bonds is 4. The molecule has 142 valence electrons. The number of halogens is 1. The van der Waals surface area contributed by atoms with E-state index in [1.165, 1.54) is 22.2 Å². The van der Waals surface area contributed by atoms with Crippen molar-refractivity contribution in [1.82, 2.24) is 14.8 Å². The number of anilines is 1. The molecule has 0 saturated carbocycles. The highest BCUT2D eigenvalue weighted by molar-refractivity contribution is 6.30. The van der Waals surface area contributed by atoms with E-state index in [0.29, 0.717) is 22.2 Å². The predicted octanol–water partition coefficient (Wildman–Crippen LogP) is 3.86. The Morgan fingerprint density at radius 1 is 1.00 bits per heavy atom. The van der Waals surface area contributed by atoms with Gasteiger partial charge in [-0.05, 0) is 62.4 Å². The number of amides is 1. The minimum absolute atomic E-state index is 0.232. The molecule has 8 heteroatoms. The summed E-state index contributed by atoms with van der Waals surface area (Å²) in [6.45, 7) is 3.25. The van der Waals surface area contributed by atoms with E-state index < -0.39 is 11.6 Å². The van der Waals surface area contributed by atoms with Crippen molar-refractivity contribution >= 4 is 29.0 Å². The number of Topliss-reactive ketones (excluding diaryl/α,β-unsaturated/α-hetero) is 1. The lowest BCUT2D eigenvalue weighted by atomic mass is 9.90. The van der Waals surface area contributed by atoms with Crippen molar-refractivity contribution in [1.29, 1.82) is 0 Å². The maximum atomic E-state index is 13.0. The molecule has 4 rings (SSSR count). The van der Waals surface area contributed by atoms with Crippen molar-refractivity contribution in [2.24, 2.45) is 5.41 Å². The van der Waals surface area contributed by atoms with Crippen LogP contribution in [0.5, 0.6) is 11.5 Å². The molecule has 3 aromatic rings. The fourth-order valence-corrected chi connectivity index (χ4v) is 3.24. The summed E-state index contributed by atoms with van der Waals surface area (Å²) in [6.07, 6.45) is 1.90. The molecule has 1 amide bonds. The highest BCUT2D eigenvalue weighted by atomic mass is 35.5. The number of carbonyl (C=O) groups excluding carboxylic acids is 2. The van der Waals surface area contributed by atoms with Crippen LogP contribution < -0.4 is 9.64 Å². The number of carbonyl (C=O) groups is 2. The van der Waals surface area contributed by atoms with Crippen LogP contribution in [-0.4, -0.2) is 26.5 Å². The van der Waals surface area contributed by atoms with Gasteiger partial charge in [-0.25, -0.2) is 9.67 Å². The fourth-order valence-electron chi connectivity index (χ4n) is 3.11. The van der Waals surface area contributed by atoms with Gasteiger partial charge in [0, 0.05) is 10.7 Å². The maximum absolute atomic E-state index is 13.0. The largest absolute Gasteiger partial charge is 0.457 e. The minimum Gasteiger partial charge on any atom is -0.457 e. The van der Waals surface area contributed by atoms with Gasteiger partial charge in [-0.15, -0.1) is 0 Å². The molecule has 28 heavy (non-hydrogen) atoms. The molecule has 0 bridgehead atoms. The Labute approximate surface area is 166 Å². The van der Waals surface area contributed by atoms with Gasteiger partial charge in [0.15, 0.2) is 11.9 Å². The van der Waals surface area contributed by atoms with E-state index in [1.807, 2.05) is 0 Å². The molecule has 1 saturated heterocycles. The molecular weight excluding hydrogens is 380 g/mol. The van der Waals surface area contributed by atoms with E-state index in [-0.39, 0.29) is 11.7 Å². The molecule has 2 aromatic carbocycles. The average molecular weight is 397 g/mol. The van der Waals surface area contributed by atoms with Crippen molar-refractivity contribution in [2.75, 3.05) is 4.90 Å². The van der Waals surface area contributed by atoms with Gasteiger partial charge in [0.25, 0.3) is 0 Å². The van der Waals surface area contributed by atoms with E-state index in [4.69, 9.17) is 16.3 Å². The summed E-state index contributed by atoms with van der Waals surface area (Å²) in [7, 11) is 0. The first kappa shape index (κ1) is 18.2. The minimum atomic E-state index is -1.14. The molecule has 1 aliphatic rings. The number of nitrogens with zero attached hydrogens (tertiary/aromatic N) is 4. The first-order valence-electron chi connectivity index (χ1n) is 8.63. The fraction of sp³-hybridized carbons (Fsp3) is 0.200. The molecule has 0 aliphatic carbocycles. The van der Waals surface area contributed by atoms with Gasteiger partial charge >= 0.3 is 0 Å². The Bertz CT molecular complexity index is 1010. The van der Waals surface area contributed by atoms with Crippen molar-refractivity contribution in [3.05, 3.63) is 66.2 Å². The van der Waals surface area contributed by atoms with Gasteiger partial charge in [-0.2, -0.15) is 5.10 Å². The predicted molar refractivity (Wildman–Crippen MR) is 103 cm³/mol. The maximum Gasteiger partial charge on any atom is 0.242 e. The molecular formula is C20H17ClN4O3. The molecule has 7 nitrogen and oxygen atoms in total. The molecule has 2 heterocycles. The number of ether oxygens (including phenoxy) is 1. The Morgan fingerprint density at radius 3 is 2.18 bits per heavy atom. The molecule has 1 aromatic heterocycles. The quantitative estimate of drug-likeness (QED) is 0.626. The number of ketones is 1. The van der Waals surface area contributed by atoms with Gasteiger partial charge in [-0.3, -0.25) is 14.5 Å². The van der Waals surface area contributed by atoms with E-state index in [0.717, 1.165) is 0 Å². The van der Waals surface area contributed by atoms with Gasteiger partial charge in [0.05, 0.1) is 0 Å². The number of aromatic nitrogens is 3. The van der Waals surface area contributed by atoms with Gasteiger partial charge in [0.2, 0.25) is 5.91 Å². The smallest absolute Gasteiger partial charge is 0.242 e. The Balaban J connectivity index is 1.64. The first-order valence-corrected chi connectivity index (χ1v) is 9.01. The van der Waals surface area contributed by atoms with Crippen molar-refractivity contribution in [3.8, 4) is 11.5 Å². The highest BCUT2D eigenvalue weighted by Crippen LogP contribution is 2.41. The summed E-state index contributed by atoms with van der Waals surface area (Å²) in [6, 6.07) is 14.0. The standard InChI is InChI=1S/C20H17ClN4O3/c1-20(2)17(26)18(24-12-22-11-23-24)25(19(20)27)14-5-9-16(10-6-14)28-15-7-3-13(21)4-8-15/h3-12,18H,1-2H3. The third-order valence-electron chi connectivity index (χ3n) is 4.70. The molecule has 1 atom stereocenters. The van der Waals surface area contributed by atoms with Crippen LogP contribution in [0.2, 0.25) is 5.02 Å². The monoisotopic (exact) mass is 396 g/mol. The zero-order chi connectivity index (χ0) is 19.9. The summed E-state index contributed by atoms with van der Waals surface area (Å²) in [5.74, 6) is 0.723. The molecule has 0 radical (unpaired) electrons. The van der Waals surface area contributed by atoms with Gasteiger partial charge < -0.3 is 4.74 Å². The summed E-state index contributed by atoms with van der Waals surface area (Å²) in [4.78, 5) is 31.2. The third kappa shape index (κ3) is 3.03. The number of hydrogen-bond acceptors (Lipinski definition) is 5. The Hall–Kier alpha value is -3.19. The lowest BCUT2D eigenvalue weighted by Gasteiger charge is -2.23. The Morgan fingerprint density at radius 2 is 1.61 bits per heavy atom. The van der Waals surface area contributed by atoms with Gasteiger partial charge in [-0.1, -0.05) is 11.6 Å².